The van der Waals surface area contributed by atoms with Crippen molar-refractivity contribution in [2.24, 2.45) is 0 Å². The number of aryl methyl sites for hydroxylation is 1. The molecular formula is C15H23ClN2O. The minimum absolute atomic E-state index is 0.193. The van der Waals surface area contributed by atoms with Crippen LogP contribution >= 0.6 is 11.6 Å². The summed E-state index contributed by atoms with van der Waals surface area (Å²) in [5.74, 6) is 0. The molecule has 0 saturated carbocycles. The van der Waals surface area contributed by atoms with Crippen LogP contribution in [0.25, 0.3) is 0 Å². The minimum atomic E-state index is 0.193. The number of hydrogen-bond donors (Lipinski definition) is 1. The zero-order valence-electron chi connectivity index (χ0n) is 11.9. The first-order valence-electron chi connectivity index (χ1n) is 6.93. The van der Waals surface area contributed by atoms with Crippen LogP contribution in [0.4, 0.5) is 0 Å². The number of benzene rings is 1. The Kier molecular flexibility index (Phi) is 5.22. The predicted octanol–water partition coefficient (Wildman–Crippen LogP) is 2.63. The summed E-state index contributed by atoms with van der Waals surface area (Å²) in [4.78, 5) is 2.49. The molecule has 1 N–H and O–H groups in total. The molecule has 0 bridgehead atoms. The molecule has 1 aliphatic heterocycles. The molecule has 0 aromatic heterocycles. The highest BCUT2D eigenvalue weighted by molar-refractivity contribution is 6.30. The lowest BCUT2D eigenvalue weighted by Gasteiger charge is -2.41. The number of likely N-dealkylation sites (N-methyl/N-ethyl adjacent to an activating group) is 2. The van der Waals surface area contributed by atoms with Crippen molar-refractivity contribution in [3.63, 3.8) is 0 Å². The lowest BCUT2D eigenvalue weighted by Crippen LogP contribution is -2.48. The highest BCUT2D eigenvalue weighted by Crippen LogP contribution is 2.32. The molecule has 1 aliphatic rings. The third-order valence-corrected chi connectivity index (χ3v) is 4.05. The van der Waals surface area contributed by atoms with Gasteiger partial charge < -0.3 is 10.1 Å². The Labute approximate surface area is 120 Å². The van der Waals surface area contributed by atoms with E-state index < -0.39 is 0 Å². The van der Waals surface area contributed by atoms with Gasteiger partial charge in [-0.15, -0.1) is 0 Å². The van der Waals surface area contributed by atoms with Gasteiger partial charge in [0, 0.05) is 18.1 Å². The number of halogens is 1. The largest absolute Gasteiger partial charge is 0.374 e. The predicted molar refractivity (Wildman–Crippen MR) is 79.8 cm³/mol. The Hall–Kier alpha value is -0.610. The molecule has 0 amide bonds. The molecule has 0 radical (unpaired) electrons. The van der Waals surface area contributed by atoms with Crippen molar-refractivity contribution in [1.29, 1.82) is 0 Å². The quantitative estimate of drug-likeness (QED) is 0.919. The lowest BCUT2D eigenvalue weighted by molar-refractivity contribution is -0.0688. The van der Waals surface area contributed by atoms with Gasteiger partial charge in [-0.1, -0.05) is 24.6 Å². The smallest absolute Gasteiger partial charge is 0.0896 e. The number of hydrogen-bond acceptors (Lipinski definition) is 3. The van der Waals surface area contributed by atoms with Gasteiger partial charge in [-0.2, -0.15) is 0 Å². The van der Waals surface area contributed by atoms with E-state index in [2.05, 4.69) is 30.1 Å². The van der Waals surface area contributed by atoms with Crippen LogP contribution in [0.3, 0.4) is 0 Å². The average molecular weight is 283 g/mol. The maximum absolute atomic E-state index is 6.07. The molecule has 1 aromatic carbocycles. The minimum Gasteiger partial charge on any atom is -0.374 e. The van der Waals surface area contributed by atoms with E-state index >= 15 is 0 Å². The summed E-state index contributed by atoms with van der Waals surface area (Å²) in [5.41, 5.74) is 2.56. The molecule has 2 atom stereocenters. The lowest BCUT2D eigenvalue weighted by atomic mass is 9.94. The van der Waals surface area contributed by atoms with Gasteiger partial charge in [0.05, 0.1) is 18.8 Å². The van der Waals surface area contributed by atoms with E-state index in [0.717, 1.165) is 31.3 Å². The number of nitrogens with zero attached hydrogens (tertiary/aromatic N) is 1. The SMILES string of the molecule is CCN1CCOC(CNC)C1c1ccc(Cl)cc1C. The first-order valence-corrected chi connectivity index (χ1v) is 7.31. The van der Waals surface area contributed by atoms with Crippen LogP contribution in [0.5, 0.6) is 0 Å². The van der Waals surface area contributed by atoms with Gasteiger partial charge in [-0.3, -0.25) is 4.90 Å². The van der Waals surface area contributed by atoms with Crippen molar-refractivity contribution in [3.05, 3.63) is 34.3 Å². The van der Waals surface area contributed by atoms with Gasteiger partial charge in [-0.05, 0) is 43.8 Å². The van der Waals surface area contributed by atoms with Crippen molar-refractivity contribution >= 4 is 11.6 Å². The highest BCUT2D eigenvalue weighted by atomic mass is 35.5. The van der Waals surface area contributed by atoms with Crippen LogP contribution in [-0.2, 0) is 4.74 Å². The van der Waals surface area contributed by atoms with Crippen LogP contribution in [0.1, 0.15) is 24.1 Å². The number of ether oxygens (including phenoxy) is 1. The van der Waals surface area contributed by atoms with E-state index in [4.69, 9.17) is 16.3 Å². The summed E-state index contributed by atoms with van der Waals surface area (Å²) in [6, 6.07) is 6.46. The fourth-order valence-corrected chi connectivity index (χ4v) is 3.11. The second-order valence-corrected chi connectivity index (χ2v) is 5.48. The molecule has 1 fully saturated rings. The number of nitrogens with one attached hydrogen (secondary N) is 1. The van der Waals surface area contributed by atoms with Gasteiger partial charge in [0.2, 0.25) is 0 Å². The first-order chi connectivity index (χ1) is 9.17. The summed E-state index contributed by atoms with van der Waals surface area (Å²) in [7, 11) is 1.97. The third-order valence-electron chi connectivity index (χ3n) is 3.82. The van der Waals surface area contributed by atoms with E-state index in [1.165, 1.54) is 11.1 Å². The fraction of sp³-hybridized carbons (Fsp3) is 0.600. The third kappa shape index (κ3) is 3.29. The van der Waals surface area contributed by atoms with E-state index in [-0.39, 0.29) is 6.10 Å². The van der Waals surface area contributed by atoms with Gasteiger partial charge in [-0.25, -0.2) is 0 Å². The Bertz CT molecular complexity index is 423. The van der Waals surface area contributed by atoms with Crippen molar-refractivity contribution < 1.29 is 4.74 Å². The van der Waals surface area contributed by atoms with E-state index in [9.17, 15) is 0 Å². The Balaban J connectivity index is 2.33. The monoisotopic (exact) mass is 282 g/mol. The molecule has 2 rings (SSSR count). The zero-order valence-corrected chi connectivity index (χ0v) is 12.7. The van der Waals surface area contributed by atoms with Crippen molar-refractivity contribution in [3.8, 4) is 0 Å². The van der Waals surface area contributed by atoms with Crippen LogP contribution in [-0.4, -0.2) is 44.3 Å². The Morgan fingerprint density at radius 3 is 2.89 bits per heavy atom. The standard InChI is InChI=1S/C15H23ClN2O/c1-4-18-7-8-19-14(10-17-3)15(18)13-6-5-12(16)9-11(13)2/h5-6,9,14-15,17H,4,7-8,10H2,1-3H3. The summed E-state index contributed by atoms with van der Waals surface area (Å²) in [6.45, 7) is 8.03. The van der Waals surface area contributed by atoms with Gasteiger partial charge in [0.25, 0.3) is 0 Å². The molecule has 0 aliphatic carbocycles. The van der Waals surface area contributed by atoms with Gasteiger partial charge in [0.15, 0.2) is 0 Å². The molecule has 1 aromatic rings. The van der Waals surface area contributed by atoms with Crippen LogP contribution < -0.4 is 5.32 Å². The Morgan fingerprint density at radius 2 is 2.26 bits per heavy atom. The van der Waals surface area contributed by atoms with Crippen molar-refractivity contribution in [1.82, 2.24) is 10.2 Å². The summed E-state index contributed by atoms with van der Waals surface area (Å²) >= 11 is 6.07. The fourth-order valence-electron chi connectivity index (χ4n) is 2.88. The van der Waals surface area contributed by atoms with Crippen LogP contribution in [0.15, 0.2) is 18.2 Å². The number of rotatable bonds is 4. The highest BCUT2D eigenvalue weighted by Gasteiger charge is 2.33. The second-order valence-electron chi connectivity index (χ2n) is 5.04. The zero-order chi connectivity index (χ0) is 13.8. The molecule has 0 spiro atoms. The molecule has 106 valence electrons. The molecule has 1 saturated heterocycles. The maximum Gasteiger partial charge on any atom is 0.0896 e. The maximum atomic E-state index is 6.07. The molecular weight excluding hydrogens is 260 g/mol. The summed E-state index contributed by atoms with van der Waals surface area (Å²) < 4.78 is 5.97. The summed E-state index contributed by atoms with van der Waals surface area (Å²) in [5, 5.41) is 4.03. The normalized spacial score (nSPS) is 24.6. The molecule has 2 unspecified atom stereocenters. The topological polar surface area (TPSA) is 24.5 Å². The average Bonchev–Trinajstić information content (AvgIpc) is 2.39. The van der Waals surface area contributed by atoms with Gasteiger partial charge >= 0.3 is 0 Å². The molecule has 1 heterocycles. The molecule has 19 heavy (non-hydrogen) atoms. The van der Waals surface area contributed by atoms with E-state index in [1.54, 1.807) is 0 Å². The number of morpholine rings is 1. The van der Waals surface area contributed by atoms with Crippen LogP contribution in [0, 0.1) is 6.92 Å². The van der Waals surface area contributed by atoms with E-state index in [1.807, 2.05) is 19.2 Å². The summed E-state index contributed by atoms with van der Waals surface area (Å²) in [6.07, 6.45) is 0.193. The van der Waals surface area contributed by atoms with Crippen LogP contribution in [0.2, 0.25) is 5.02 Å². The van der Waals surface area contributed by atoms with E-state index in [0.29, 0.717) is 6.04 Å². The molecule has 4 heteroatoms. The molecule has 3 nitrogen and oxygen atoms in total. The second kappa shape index (κ2) is 6.71. The Morgan fingerprint density at radius 1 is 1.47 bits per heavy atom. The van der Waals surface area contributed by atoms with Crippen molar-refractivity contribution in [2.75, 3.05) is 33.3 Å². The first kappa shape index (κ1) is 14.8. The van der Waals surface area contributed by atoms with Gasteiger partial charge in [0.1, 0.15) is 0 Å². The van der Waals surface area contributed by atoms with Crippen molar-refractivity contribution in [2.45, 2.75) is 26.0 Å².